The summed E-state index contributed by atoms with van der Waals surface area (Å²) in [5.41, 5.74) is 3.15. The zero-order valence-corrected chi connectivity index (χ0v) is 14.5. The van der Waals surface area contributed by atoms with Crippen molar-refractivity contribution in [1.82, 2.24) is 9.38 Å². The van der Waals surface area contributed by atoms with Crippen LogP contribution in [0, 0.1) is 11.3 Å². The van der Waals surface area contributed by atoms with Gasteiger partial charge in [-0.1, -0.05) is 12.1 Å². The zero-order chi connectivity index (χ0) is 16.2. The molecule has 2 heterocycles. The van der Waals surface area contributed by atoms with Crippen molar-refractivity contribution in [3.63, 3.8) is 0 Å². The van der Waals surface area contributed by atoms with Crippen LogP contribution in [-0.2, 0) is 11.5 Å². The van der Waals surface area contributed by atoms with E-state index in [0.29, 0.717) is 17.0 Å². The Morgan fingerprint density at radius 1 is 1.17 bits per heavy atom. The molecule has 23 heavy (non-hydrogen) atoms. The highest BCUT2D eigenvalue weighted by Crippen LogP contribution is 2.17. The first kappa shape index (κ1) is 15.8. The minimum atomic E-state index is -0.0785. The molecule has 2 aromatic heterocycles. The summed E-state index contributed by atoms with van der Waals surface area (Å²) in [5.74, 6) is 1.48. The molecule has 0 bridgehead atoms. The van der Waals surface area contributed by atoms with Crippen molar-refractivity contribution in [2.75, 3.05) is 0 Å². The fourth-order valence-electron chi connectivity index (χ4n) is 2.15. The van der Waals surface area contributed by atoms with Crippen LogP contribution in [-0.4, -0.2) is 9.38 Å². The average Bonchev–Trinajstić information content (AvgIpc) is 2.56. The molecule has 0 saturated carbocycles. The number of aromatic nitrogens is 2. The van der Waals surface area contributed by atoms with Gasteiger partial charge in [0.15, 0.2) is 0 Å². The van der Waals surface area contributed by atoms with Crippen molar-refractivity contribution >= 4 is 33.3 Å². The fourth-order valence-corrected chi connectivity index (χ4v) is 3.37. The van der Waals surface area contributed by atoms with Crippen LogP contribution in [0.25, 0.3) is 5.65 Å². The second kappa shape index (κ2) is 6.99. The third kappa shape index (κ3) is 3.81. The van der Waals surface area contributed by atoms with E-state index in [2.05, 4.69) is 27.0 Å². The Kier molecular flexibility index (Phi) is 4.79. The number of rotatable bonds is 4. The Labute approximate surface area is 145 Å². The van der Waals surface area contributed by atoms with E-state index in [1.807, 2.05) is 36.4 Å². The lowest BCUT2D eigenvalue weighted by atomic mass is 10.2. The number of hydrogen-bond acceptors (Lipinski definition) is 4. The van der Waals surface area contributed by atoms with Crippen LogP contribution in [0.2, 0.25) is 0 Å². The van der Waals surface area contributed by atoms with Crippen LogP contribution in [0.3, 0.4) is 0 Å². The Balaban J connectivity index is 1.70. The highest BCUT2D eigenvalue weighted by atomic mass is 79.9. The molecule has 1 aromatic carbocycles. The molecule has 0 atom stereocenters. The summed E-state index contributed by atoms with van der Waals surface area (Å²) in [6.07, 6.45) is 1.72. The normalized spacial score (nSPS) is 10.6. The third-order valence-electron chi connectivity index (χ3n) is 3.28. The number of nitriles is 1. The minimum absolute atomic E-state index is 0.0785. The number of fused-ring (bicyclic) bond motifs is 1. The van der Waals surface area contributed by atoms with Gasteiger partial charge in [0, 0.05) is 28.2 Å². The Morgan fingerprint density at radius 2 is 1.96 bits per heavy atom. The van der Waals surface area contributed by atoms with Gasteiger partial charge in [-0.25, -0.2) is 4.98 Å². The molecule has 3 aromatic rings. The quantitative estimate of drug-likeness (QED) is 0.685. The van der Waals surface area contributed by atoms with Crippen LogP contribution in [0.5, 0.6) is 0 Å². The van der Waals surface area contributed by atoms with Crippen LogP contribution in [0.1, 0.15) is 16.8 Å². The van der Waals surface area contributed by atoms with Gasteiger partial charge in [-0.2, -0.15) is 17.0 Å². The van der Waals surface area contributed by atoms with Crippen LogP contribution >= 0.6 is 27.7 Å². The summed E-state index contributed by atoms with van der Waals surface area (Å²) in [6.45, 7) is 0. The van der Waals surface area contributed by atoms with Gasteiger partial charge in [0.05, 0.1) is 17.3 Å². The summed E-state index contributed by atoms with van der Waals surface area (Å²) in [5, 5.41) is 8.78. The van der Waals surface area contributed by atoms with E-state index in [4.69, 9.17) is 5.26 Å². The standard InChI is InChI=1S/C17H12BrN3OS/c18-14-5-6-16-20-15(7-17(22)21(16)9-14)11-23-10-13-3-1-12(8-19)2-4-13/h1-7,9H,10-11H2. The molecule has 0 spiro atoms. The van der Waals surface area contributed by atoms with Crippen molar-refractivity contribution in [3.05, 3.63) is 80.3 Å². The Hall–Kier alpha value is -2.10. The number of pyridine rings is 1. The van der Waals surface area contributed by atoms with E-state index >= 15 is 0 Å². The molecule has 0 amide bonds. The smallest absolute Gasteiger partial charge is 0.258 e. The predicted molar refractivity (Wildman–Crippen MR) is 95.3 cm³/mol. The van der Waals surface area contributed by atoms with Crippen molar-refractivity contribution < 1.29 is 0 Å². The molecular weight excluding hydrogens is 374 g/mol. The molecule has 0 saturated heterocycles. The number of benzene rings is 1. The van der Waals surface area contributed by atoms with E-state index in [1.165, 1.54) is 4.40 Å². The molecule has 0 unspecified atom stereocenters. The van der Waals surface area contributed by atoms with Crippen molar-refractivity contribution in [2.24, 2.45) is 0 Å². The lowest BCUT2D eigenvalue weighted by molar-refractivity contribution is 1.01. The lowest BCUT2D eigenvalue weighted by Gasteiger charge is -2.05. The van der Waals surface area contributed by atoms with E-state index < -0.39 is 0 Å². The third-order valence-corrected chi connectivity index (χ3v) is 4.78. The molecule has 4 nitrogen and oxygen atoms in total. The molecule has 0 N–H and O–H groups in total. The molecule has 0 radical (unpaired) electrons. The summed E-state index contributed by atoms with van der Waals surface area (Å²) < 4.78 is 2.37. The van der Waals surface area contributed by atoms with Crippen molar-refractivity contribution in [2.45, 2.75) is 11.5 Å². The van der Waals surface area contributed by atoms with E-state index in [-0.39, 0.29) is 5.56 Å². The van der Waals surface area contributed by atoms with E-state index in [0.717, 1.165) is 21.5 Å². The van der Waals surface area contributed by atoms with Gasteiger partial charge in [0.25, 0.3) is 5.56 Å². The summed E-state index contributed by atoms with van der Waals surface area (Å²) in [7, 11) is 0. The molecule has 0 aliphatic carbocycles. The molecule has 6 heteroatoms. The second-order valence-electron chi connectivity index (χ2n) is 4.96. The SMILES string of the molecule is N#Cc1ccc(CSCc2cc(=O)n3cc(Br)ccc3n2)cc1. The highest BCUT2D eigenvalue weighted by Gasteiger charge is 2.04. The summed E-state index contributed by atoms with van der Waals surface area (Å²) >= 11 is 5.04. The first-order chi connectivity index (χ1) is 11.2. The first-order valence-electron chi connectivity index (χ1n) is 6.90. The molecule has 3 rings (SSSR count). The zero-order valence-electron chi connectivity index (χ0n) is 12.1. The average molecular weight is 386 g/mol. The Bertz CT molecular complexity index is 945. The molecule has 0 aliphatic heterocycles. The van der Waals surface area contributed by atoms with Crippen LogP contribution in [0.15, 0.2) is 57.9 Å². The second-order valence-corrected chi connectivity index (χ2v) is 6.86. The molecule has 0 fully saturated rings. The number of nitrogens with zero attached hydrogens (tertiary/aromatic N) is 3. The number of thioether (sulfide) groups is 1. The summed E-state index contributed by atoms with van der Waals surface area (Å²) in [4.78, 5) is 16.6. The molecule has 114 valence electrons. The van der Waals surface area contributed by atoms with Crippen LogP contribution < -0.4 is 5.56 Å². The van der Waals surface area contributed by atoms with Crippen LogP contribution in [0.4, 0.5) is 0 Å². The largest absolute Gasteiger partial charge is 0.269 e. The van der Waals surface area contributed by atoms with Gasteiger partial charge in [-0.05, 0) is 45.8 Å². The van der Waals surface area contributed by atoms with Gasteiger partial charge in [0.1, 0.15) is 5.65 Å². The highest BCUT2D eigenvalue weighted by molar-refractivity contribution is 9.10. The number of hydrogen-bond donors (Lipinski definition) is 0. The maximum atomic E-state index is 12.1. The lowest BCUT2D eigenvalue weighted by Crippen LogP contribution is -2.15. The van der Waals surface area contributed by atoms with Gasteiger partial charge >= 0.3 is 0 Å². The number of halogens is 1. The fraction of sp³-hybridized carbons (Fsp3) is 0.118. The molecule has 0 aliphatic rings. The van der Waals surface area contributed by atoms with Gasteiger partial charge in [-0.3, -0.25) is 9.20 Å². The topological polar surface area (TPSA) is 58.2 Å². The van der Waals surface area contributed by atoms with Crippen molar-refractivity contribution in [1.29, 1.82) is 5.26 Å². The van der Waals surface area contributed by atoms with E-state index in [9.17, 15) is 4.79 Å². The predicted octanol–water partition coefficient (Wildman–Crippen LogP) is 3.76. The van der Waals surface area contributed by atoms with Crippen molar-refractivity contribution in [3.8, 4) is 6.07 Å². The Morgan fingerprint density at radius 3 is 2.70 bits per heavy atom. The summed E-state index contributed by atoms with van der Waals surface area (Å²) in [6, 6.07) is 14.9. The maximum Gasteiger partial charge on any atom is 0.258 e. The van der Waals surface area contributed by atoms with Gasteiger partial charge in [-0.15, -0.1) is 0 Å². The first-order valence-corrected chi connectivity index (χ1v) is 8.85. The molecular formula is C17H12BrN3OS. The van der Waals surface area contributed by atoms with Gasteiger partial charge in [0.2, 0.25) is 0 Å². The maximum absolute atomic E-state index is 12.1. The van der Waals surface area contributed by atoms with Gasteiger partial charge < -0.3 is 0 Å². The monoisotopic (exact) mass is 385 g/mol. The minimum Gasteiger partial charge on any atom is -0.269 e. The van der Waals surface area contributed by atoms with E-state index in [1.54, 1.807) is 24.0 Å².